The van der Waals surface area contributed by atoms with Crippen LogP contribution in [0, 0.1) is 13.8 Å². The molecule has 4 rings (SSSR count). The van der Waals surface area contributed by atoms with E-state index >= 15 is 0 Å². The maximum absolute atomic E-state index is 12.8. The van der Waals surface area contributed by atoms with Gasteiger partial charge in [0.2, 0.25) is 0 Å². The molecule has 2 heterocycles. The molecule has 4 aromatic rings. The number of isothiocyanates is 1. The molecule has 258 valence electrons. The Bertz CT molecular complexity index is 1820. The molecule has 0 aliphatic carbocycles. The van der Waals surface area contributed by atoms with Gasteiger partial charge in [0.1, 0.15) is 11.0 Å². The van der Waals surface area contributed by atoms with Crippen molar-refractivity contribution in [1.29, 1.82) is 0 Å². The number of fused-ring (bicyclic) bond motifs is 2. The standard InChI is InChI=1S/C20H28N2OS2.C19H24N2OS/c1-4-5-6-7-8-12-17-15(2)19(23)16-11-9-10-13-18(16)22(17)14-21-20(24)25-3;1-3-4-5-6-7-11-17-15(2)19(22)16-10-8-9-12-18(16)21(17)13-20-14-23/h9-11,13H,4-8,12,14H2,1-3H3,(H,21,24);8-10,12H,3-7,11,13H2,1-2H3. The van der Waals surface area contributed by atoms with Crippen LogP contribution in [-0.2, 0) is 26.2 Å². The zero-order valence-corrected chi connectivity index (χ0v) is 31.9. The van der Waals surface area contributed by atoms with Crippen molar-refractivity contribution in [2.24, 2.45) is 4.99 Å². The van der Waals surface area contributed by atoms with Crippen molar-refractivity contribution >= 4 is 67.5 Å². The summed E-state index contributed by atoms with van der Waals surface area (Å²) in [6, 6.07) is 15.6. The third-order valence-corrected chi connectivity index (χ3v) is 10.2. The number of unbranched alkanes of at least 4 members (excludes halogenated alkanes) is 8. The molecule has 0 aliphatic heterocycles. The molecule has 0 radical (unpaired) electrons. The summed E-state index contributed by atoms with van der Waals surface area (Å²) in [5.74, 6) is 0. The molecular weight excluding hydrogens is 653 g/mol. The smallest absolute Gasteiger partial charge is 0.192 e. The van der Waals surface area contributed by atoms with Gasteiger partial charge >= 0.3 is 0 Å². The third kappa shape index (κ3) is 10.7. The predicted molar refractivity (Wildman–Crippen MR) is 215 cm³/mol. The van der Waals surface area contributed by atoms with Crippen LogP contribution in [0.3, 0.4) is 0 Å². The number of aliphatic imine (C=N–C) groups is 1. The van der Waals surface area contributed by atoms with Crippen LogP contribution in [0.1, 0.15) is 101 Å². The summed E-state index contributed by atoms with van der Waals surface area (Å²) in [5.41, 5.74) is 6.12. The van der Waals surface area contributed by atoms with Gasteiger partial charge in [-0.25, -0.2) is 4.99 Å². The summed E-state index contributed by atoms with van der Waals surface area (Å²) in [6.45, 7) is 9.36. The minimum absolute atomic E-state index is 0.131. The van der Waals surface area contributed by atoms with Crippen molar-refractivity contribution in [2.45, 2.75) is 118 Å². The maximum atomic E-state index is 12.8. The number of hydrogen-bond donors (Lipinski definition) is 1. The largest absolute Gasteiger partial charge is 0.353 e. The Morgan fingerprint density at radius 3 is 1.69 bits per heavy atom. The number of thiocarbonyl (C=S) groups is 2. The molecule has 0 aliphatic rings. The quantitative estimate of drug-likeness (QED) is 0.0712. The van der Waals surface area contributed by atoms with Gasteiger partial charge in [-0.05, 0) is 82.3 Å². The van der Waals surface area contributed by atoms with Gasteiger partial charge < -0.3 is 14.5 Å². The molecule has 0 bridgehead atoms. The van der Waals surface area contributed by atoms with E-state index in [1.165, 1.54) is 63.1 Å². The van der Waals surface area contributed by atoms with Crippen molar-refractivity contribution in [1.82, 2.24) is 14.5 Å². The van der Waals surface area contributed by atoms with E-state index in [2.05, 4.69) is 38.5 Å². The van der Waals surface area contributed by atoms with Gasteiger partial charge in [0.25, 0.3) is 0 Å². The van der Waals surface area contributed by atoms with Crippen LogP contribution < -0.4 is 16.2 Å². The predicted octanol–water partition coefficient (Wildman–Crippen LogP) is 9.90. The second-order valence-electron chi connectivity index (χ2n) is 12.2. The fourth-order valence-electron chi connectivity index (χ4n) is 6.26. The van der Waals surface area contributed by atoms with Crippen LogP contribution in [0.15, 0.2) is 63.1 Å². The molecule has 6 nitrogen and oxygen atoms in total. The lowest BCUT2D eigenvalue weighted by molar-refractivity contribution is 0.595. The Hall–Kier alpha value is -3.10. The number of aromatic nitrogens is 2. The SMILES string of the molecule is CCCCCCCc1c(C)c(=O)c2ccccc2n1CN=C=S.CCCCCCCc1c(C)c(=O)c2ccccc2n1CNC(=S)SC. The van der Waals surface area contributed by atoms with E-state index in [0.717, 1.165) is 74.3 Å². The average molecular weight is 705 g/mol. The van der Waals surface area contributed by atoms with Gasteiger partial charge in [-0.15, -0.1) is 11.8 Å². The lowest BCUT2D eigenvalue weighted by Crippen LogP contribution is -2.27. The highest BCUT2D eigenvalue weighted by Gasteiger charge is 2.15. The zero-order chi connectivity index (χ0) is 34.9. The molecule has 0 fully saturated rings. The Balaban J connectivity index is 0.000000261. The summed E-state index contributed by atoms with van der Waals surface area (Å²) in [6.07, 6.45) is 16.0. The third-order valence-electron chi connectivity index (χ3n) is 8.96. The number of nitrogens with one attached hydrogen (secondary N) is 1. The maximum Gasteiger partial charge on any atom is 0.192 e. The van der Waals surface area contributed by atoms with Gasteiger partial charge in [0.15, 0.2) is 10.9 Å². The first-order valence-electron chi connectivity index (χ1n) is 17.4. The van der Waals surface area contributed by atoms with E-state index in [-0.39, 0.29) is 10.9 Å². The molecule has 2 aromatic heterocycles. The van der Waals surface area contributed by atoms with E-state index in [4.69, 9.17) is 24.4 Å². The Morgan fingerprint density at radius 2 is 1.21 bits per heavy atom. The molecule has 0 spiro atoms. The van der Waals surface area contributed by atoms with E-state index < -0.39 is 0 Å². The number of hydrogen-bond acceptors (Lipinski definition) is 6. The number of nitrogens with zero attached hydrogens (tertiary/aromatic N) is 3. The highest BCUT2D eigenvalue weighted by atomic mass is 32.2. The number of pyridine rings is 2. The van der Waals surface area contributed by atoms with Crippen molar-refractivity contribution in [3.05, 3.63) is 91.5 Å². The molecule has 9 heteroatoms. The summed E-state index contributed by atoms with van der Waals surface area (Å²) < 4.78 is 5.12. The Morgan fingerprint density at radius 1 is 0.750 bits per heavy atom. The summed E-state index contributed by atoms with van der Waals surface area (Å²) in [4.78, 5) is 29.5. The molecular formula is C39H52N4O2S3. The van der Waals surface area contributed by atoms with Gasteiger partial charge in [-0.2, -0.15) is 0 Å². The molecule has 0 atom stereocenters. The van der Waals surface area contributed by atoms with Crippen LogP contribution in [0.25, 0.3) is 21.8 Å². The fraction of sp³-hybridized carbons (Fsp3) is 0.487. The van der Waals surface area contributed by atoms with Crippen molar-refractivity contribution in [3.8, 4) is 0 Å². The fourth-order valence-corrected chi connectivity index (χ4v) is 6.59. The van der Waals surface area contributed by atoms with Crippen LogP contribution in [-0.4, -0.2) is 24.9 Å². The lowest BCUT2D eigenvalue weighted by Gasteiger charge is -2.20. The minimum atomic E-state index is 0.131. The van der Waals surface area contributed by atoms with E-state index in [0.29, 0.717) is 13.3 Å². The molecule has 1 N–H and O–H groups in total. The molecule has 48 heavy (non-hydrogen) atoms. The molecule has 0 saturated carbocycles. The molecule has 2 aromatic carbocycles. The monoisotopic (exact) mass is 704 g/mol. The van der Waals surface area contributed by atoms with E-state index in [1.807, 2.05) is 68.6 Å². The highest BCUT2D eigenvalue weighted by molar-refractivity contribution is 8.22. The molecule has 0 amide bonds. The van der Waals surface area contributed by atoms with E-state index in [9.17, 15) is 9.59 Å². The topological polar surface area (TPSA) is 68.4 Å². The first-order chi connectivity index (χ1) is 23.3. The van der Waals surface area contributed by atoms with Crippen LogP contribution in [0.2, 0.25) is 0 Å². The molecule has 0 saturated heterocycles. The molecule has 0 unspecified atom stereocenters. The Kier molecular flexibility index (Phi) is 17.3. The highest BCUT2D eigenvalue weighted by Crippen LogP contribution is 2.20. The average Bonchev–Trinajstić information content (AvgIpc) is 3.11. The minimum Gasteiger partial charge on any atom is -0.353 e. The van der Waals surface area contributed by atoms with E-state index in [1.54, 1.807) is 0 Å². The van der Waals surface area contributed by atoms with Crippen LogP contribution in [0.4, 0.5) is 0 Å². The summed E-state index contributed by atoms with van der Waals surface area (Å²) >= 11 is 11.5. The Labute approximate surface area is 301 Å². The van der Waals surface area contributed by atoms with Gasteiger partial charge in [0, 0.05) is 33.3 Å². The first-order valence-corrected chi connectivity index (χ1v) is 19.4. The second kappa shape index (κ2) is 21.1. The van der Waals surface area contributed by atoms with Gasteiger partial charge in [-0.1, -0.05) is 102 Å². The second-order valence-corrected chi connectivity index (χ2v) is 13.9. The van der Waals surface area contributed by atoms with Crippen molar-refractivity contribution in [3.63, 3.8) is 0 Å². The lowest BCUT2D eigenvalue weighted by atomic mass is 10.0. The van der Waals surface area contributed by atoms with Gasteiger partial charge in [-0.3, -0.25) is 9.59 Å². The normalized spacial score (nSPS) is 10.9. The van der Waals surface area contributed by atoms with Crippen LogP contribution in [0.5, 0.6) is 0 Å². The van der Waals surface area contributed by atoms with Gasteiger partial charge in [0.05, 0.1) is 22.9 Å². The van der Waals surface area contributed by atoms with Crippen LogP contribution >= 0.6 is 36.2 Å². The summed E-state index contributed by atoms with van der Waals surface area (Å²) in [7, 11) is 0. The van der Waals surface area contributed by atoms with Crippen molar-refractivity contribution < 1.29 is 0 Å². The number of para-hydroxylation sites is 2. The number of benzene rings is 2. The van der Waals surface area contributed by atoms with Crippen molar-refractivity contribution in [2.75, 3.05) is 6.26 Å². The summed E-state index contributed by atoms with van der Waals surface area (Å²) in [5, 5.41) is 7.26. The number of thioether (sulfide) groups is 1. The first kappa shape index (κ1) is 39.3. The number of rotatable bonds is 16. The zero-order valence-electron chi connectivity index (χ0n) is 29.4.